The van der Waals surface area contributed by atoms with Gasteiger partial charge in [-0.25, -0.2) is 0 Å². The minimum atomic E-state index is -0.263. The molecule has 2 N–H and O–H groups in total. The second-order valence-electron chi connectivity index (χ2n) is 11.4. The largest absolute Gasteiger partial charge is 0.355 e. The van der Waals surface area contributed by atoms with E-state index in [-0.39, 0.29) is 24.2 Å². The van der Waals surface area contributed by atoms with Crippen LogP contribution in [0.5, 0.6) is 0 Å². The van der Waals surface area contributed by atoms with Crippen molar-refractivity contribution in [3.63, 3.8) is 0 Å². The number of benzene rings is 5. The van der Waals surface area contributed by atoms with E-state index in [1.165, 1.54) is 11.1 Å². The van der Waals surface area contributed by atoms with Crippen LogP contribution in [0.2, 0.25) is 0 Å². The molecule has 2 amide bonds. The molecule has 0 bridgehead atoms. The van der Waals surface area contributed by atoms with Crippen molar-refractivity contribution in [3.8, 4) is 0 Å². The number of hydrogen-bond donors (Lipinski definition) is 2. The maximum absolute atomic E-state index is 13.0. The second kappa shape index (κ2) is 17.4. The summed E-state index contributed by atoms with van der Waals surface area (Å²) in [4.78, 5) is 39.1. The first-order chi connectivity index (χ1) is 23.3. The number of hydrogen-bond acceptors (Lipinski definition) is 4. The number of nitrogens with one attached hydrogen (secondary N) is 2. The SMILES string of the molecule is CN=C(c1ccc(NC(=O)c2ccc(C(=O)Nc3ccc(C(=NC)N(C)Cc4ccccc4)cc3)cc2)cc1)N(C)Cc1ccccc1.Cl. The molecule has 250 valence electrons. The van der Waals surface area contributed by atoms with Crippen LogP contribution < -0.4 is 10.6 Å². The van der Waals surface area contributed by atoms with Gasteiger partial charge in [-0.2, -0.15) is 0 Å². The third-order valence-corrected chi connectivity index (χ3v) is 7.88. The average Bonchev–Trinajstić information content (AvgIpc) is 3.11. The number of carbonyl (C=O) groups excluding carboxylic acids is 2. The molecule has 0 heterocycles. The predicted molar refractivity (Wildman–Crippen MR) is 203 cm³/mol. The van der Waals surface area contributed by atoms with Crippen molar-refractivity contribution in [2.45, 2.75) is 13.1 Å². The Balaban J connectivity index is 0.00000541. The van der Waals surface area contributed by atoms with Gasteiger partial charge in [-0.3, -0.25) is 19.6 Å². The van der Waals surface area contributed by atoms with Gasteiger partial charge in [0.15, 0.2) is 0 Å². The van der Waals surface area contributed by atoms with Crippen molar-refractivity contribution in [2.24, 2.45) is 9.98 Å². The van der Waals surface area contributed by atoms with Crippen LogP contribution in [-0.4, -0.2) is 61.5 Å². The number of amidine groups is 2. The lowest BCUT2D eigenvalue weighted by atomic mass is 10.1. The van der Waals surface area contributed by atoms with Crippen molar-refractivity contribution in [1.82, 2.24) is 9.80 Å². The van der Waals surface area contributed by atoms with Gasteiger partial charge >= 0.3 is 0 Å². The van der Waals surface area contributed by atoms with Gasteiger partial charge in [0, 0.05) is 74.9 Å². The van der Waals surface area contributed by atoms with Crippen LogP contribution in [0.15, 0.2) is 143 Å². The van der Waals surface area contributed by atoms with Crippen LogP contribution in [-0.2, 0) is 13.1 Å². The Kier molecular flexibility index (Phi) is 12.8. The summed E-state index contributed by atoms with van der Waals surface area (Å²) in [5, 5.41) is 5.87. The molecule has 0 aromatic heterocycles. The molecule has 8 nitrogen and oxygen atoms in total. The summed E-state index contributed by atoms with van der Waals surface area (Å²) in [5.41, 5.74) is 6.52. The van der Waals surface area contributed by atoms with Gasteiger partial charge in [-0.1, -0.05) is 60.7 Å². The highest BCUT2D eigenvalue weighted by molar-refractivity contribution is 6.08. The standard InChI is InChI=1S/C40H40N6O2.ClH/c1-41-37(45(3)27-29-11-7-5-8-12-29)31-19-23-35(24-20-31)43-39(47)33-15-17-34(18-16-33)40(48)44-36-25-21-32(22-26-36)38(42-2)46(4)28-30-13-9-6-10-14-30;/h5-26H,27-28H2,1-4H3,(H,43,47)(H,44,48);1H. The van der Waals surface area contributed by atoms with Crippen molar-refractivity contribution in [1.29, 1.82) is 0 Å². The monoisotopic (exact) mass is 672 g/mol. The maximum Gasteiger partial charge on any atom is 0.255 e. The van der Waals surface area contributed by atoms with E-state index >= 15 is 0 Å². The van der Waals surface area contributed by atoms with Crippen LogP contribution >= 0.6 is 12.4 Å². The number of carbonyl (C=O) groups is 2. The summed E-state index contributed by atoms with van der Waals surface area (Å²) in [6, 6.07) is 42.3. The minimum absolute atomic E-state index is 0. The van der Waals surface area contributed by atoms with Gasteiger partial charge in [0.2, 0.25) is 0 Å². The van der Waals surface area contributed by atoms with Gasteiger partial charge in [-0.05, 0) is 83.9 Å². The number of amides is 2. The highest BCUT2D eigenvalue weighted by Crippen LogP contribution is 2.17. The Hall–Kier alpha value is -5.73. The molecule has 49 heavy (non-hydrogen) atoms. The zero-order valence-electron chi connectivity index (χ0n) is 28.1. The lowest BCUT2D eigenvalue weighted by molar-refractivity contribution is 0.101. The summed E-state index contributed by atoms with van der Waals surface area (Å²) >= 11 is 0. The van der Waals surface area contributed by atoms with E-state index in [2.05, 4.69) is 54.7 Å². The molecule has 0 atom stereocenters. The molecule has 0 unspecified atom stereocenters. The summed E-state index contributed by atoms with van der Waals surface area (Å²) in [5.74, 6) is 1.18. The molecule has 0 aliphatic rings. The lowest BCUT2D eigenvalue weighted by Crippen LogP contribution is -2.27. The van der Waals surface area contributed by atoms with Gasteiger partial charge in [0.05, 0.1) is 0 Å². The highest BCUT2D eigenvalue weighted by Gasteiger charge is 2.14. The molecule has 9 heteroatoms. The van der Waals surface area contributed by atoms with Crippen molar-refractivity contribution in [2.75, 3.05) is 38.8 Å². The molecule has 0 fully saturated rings. The summed E-state index contributed by atoms with van der Waals surface area (Å²) in [7, 11) is 7.57. The molecule has 5 aromatic rings. The third kappa shape index (κ3) is 9.65. The zero-order chi connectivity index (χ0) is 33.9. The van der Waals surface area contributed by atoms with E-state index in [1.54, 1.807) is 38.4 Å². The lowest BCUT2D eigenvalue weighted by Gasteiger charge is -2.21. The molecular weight excluding hydrogens is 632 g/mol. The third-order valence-electron chi connectivity index (χ3n) is 7.88. The topological polar surface area (TPSA) is 89.4 Å². The summed E-state index contributed by atoms with van der Waals surface area (Å²) < 4.78 is 0. The first-order valence-electron chi connectivity index (χ1n) is 15.7. The molecule has 0 radical (unpaired) electrons. The van der Waals surface area contributed by atoms with Crippen molar-refractivity contribution < 1.29 is 9.59 Å². The van der Waals surface area contributed by atoms with E-state index in [0.717, 1.165) is 35.9 Å². The molecule has 0 saturated heterocycles. The fourth-order valence-electron chi connectivity index (χ4n) is 5.49. The Morgan fingerprint density at radius 3 is 1.10 bits per heavy atom. The molecular formula is C40H41ClN6O2. The summed E-state index contributed by atoms with van der Waals surface area (Å²) in [6.45, 7) is 1.46. The van der Waals surface area contributed by atoms with Crippen molar-refractivity contribution >= 4 is 47.3 Å². The molecule has 5 aromatic carbocycles. The Labute approximate surface area is 294 Å². The number of halogens is 1. The molecule has 0 spiro atoms. The van der Waals surface area contributed by atoms with Crippen LogP contribution in [0.1, 0.15) is 43.0 Å². The van der Waals surface area contributed by atoms with Crippen LogP contribution in [0, 0.1) is 0 Å². The Morgan fingerprint density at radius 2 is 0.796 bits per heavy atom. The smallest absolute Gasteiger partial charge is 0.255 e. The average molecular weight is 673 g/mol. The maximum atomic E-state index is 13.0. The van der Waals surface area contributed by atoms with E-state index in [9.17, 15) is 9.59 Å². The van der Waals surface area contributed by atoms with Crippen molar-refractivity contribution in [3.05, 3.63) is 167 Å². The summed E-state index contributed by atoms with van der Waals surface area (Å²) in [6.07, 6.45) is 0. The van der Waals surface area contributed by atoms with E-state index < -0.39 is 0 Å². The molecule has 5 rings (SSSR count). The normalized spacial score (nSPS) is 11.3. The van der Waals surface area contributed by atoms with Gasteiger partial charge in [-0.15, -0.1) is 12.4 Å². The van der Waals surface area contributed by atoms with Crippen LogP contribution in [0.4, 0.5) is 11.4 Å². The Bertz CT molecular complexity index is 1740. The molecule has 0 aliphatic carbocycles. The first kappa shape index (κ1) is 36.1. The number of rotatable bonds is 10. The molecule has 0 aliphatic heterocycles. The second-order valence-corrected chi connectivity index (χ2v) is 11.4. The number of nitrogens with zero attached hydrogens (tertiary/aromatic N) is 4. The number of aliphatic imine (C=N–C) groups is 2. The first-order valence-corrected chi connectivity index (χ1v) is 15.7. The van der Waals surface area contributed by atoms with E-state index in [0.29, 0.717) is 22.5 Å². The van der Waals surface area contributed by atoms with E-state index in [1.807, 2.05) is 99.0 Å². The molecule has 0 saturated carbocycles. The fourth-order valence-corrected chi connectivity index (χ4v) is 5.49. The van der Waals surface area contributed by atoms with Gasteiger partial charge in [0.25, 0.3) is 11.8 Å². The predicted octanol–water partition coefficient (Wildman–Crippen LogP) is 7.63. The zero-order valence-corrected chi connectivity index (χ0v) is 28.9. The quantitative estimate of drug-likeness (QED) is 0.118. The Morgan fingerprint density at radius 1 is 0.490 bits per heavy atom. The van der Waals surface area contributed by atoms with E-state index in [4.69, 9.17) is 0 Å². The fraction of sp³-hybridized carbons (Fsp3) is 0.150. The van der Waals surface area contributed by atoms with Gasteiger partial charge < -0.3 is 20.4 Å². The van der Waals surface area contributed by atoms with Crippen LogP contribution in [0.25, 0.3) is 0 Å². The number of anilines is 2. The minimum Gasteiger partial charge on any atom is -0.355 e. The van der Waals surface area contributed by atoms with Crippen LogP contribution in [0.3, 0.4) is 0 Å². The van der Waals surface area contributed by atoms with Gasteiger partial charge in [0.1, 0.15) is 11.7 Å². The highest BCUT2D eigenvalue weighted by atomic mass is 35.5.